The quantitative estimate of drug-likeness (QED) is 0.264. The van der Waals surface area contributed by atoms with Crippen LogP contribution in [0.15, 0.2) is 52.4 Å². The monoisotopic (exact) mass is 411 g/mol. The average molecular weight is 411 g/mol. The van der Waals surface area contributed by atoms with Crippen molar-refractivity contribution in [3.63, 3.8) is 0 Å². The molecule has 156 valence electrons. The van der Waals surface area contributed by atoms with E-state index in [1.807, 2.05) is 30.3 Å². The van der Waals surface area contributed by atoms with Crippen LogP contribution in [0.4, 0.5) is 0 Å². The number of hydrogen-bond donors (Lipinski definition) is 1. The Morgan fingerprint density at radius 3 is 2.93 bits per heavy atom. The lowest BCUT2D eigenvalue weighted by Crippen LogP contribution is -2.19. The molecule has 1 aliphatic rings. The highest BCUT2D eigenvalue weighted by Gasteiger charge is 2.14. The number of nitrogens with zero attached hydrogens (tertiary/aromatic N) is 2. The summed E-state index contributed by atoms with van der Waals surface area (Å²) in [6.45, 7) is 2.29. The van der Waals surface area contributed by atoms with Crippen LogP contribution in [-0.4, -0.2) is 41.2 Å². The molecule has 0 fully saturated rings. The Bertz CT molecular complexity index is 1150. The van der Waals surface area contributed by atoms with Gasteiger partial charge in [-0.15, -0.1) is 0 Å². The molecule has 1 N–H and O–H groups in total. The molecule has 0 saturated heterocycles. The summed E-state index contributed by atoms with van der Waals surface area (Å²) in [4.78, 5) is 31.7. The summed E-state index contributed by atoms with van der Waals surface area (Å²) in [6.07, 6.45) is 0.507. The first-order valence-electron chi connectivity index (χ1n) is 9.51. The van der Waals surface area contributed by atoms with Gasteiger partial charge in [-0.25, -0.2) is 9.59 Å². The van der Waals surface area contributed by atoms with Gasteiger partial charge in [-0.05, 0) is 43.7 Å². The van der Waals surface area contributed by atoms with E-state index in [4.69, 9.17) is 19.0 Å². The van der Waals surface area contributed by atoms with Crippen molar-refractivity contribution >= 4 is 22.7 Å². The number of aromatic nitrogens is 2. The number of para-hydroxylation sites is 2. The Balaban J connectivity index is 1.21. The Kier molecular flexibility index (Phi) is 5.69. The summed E-state index contributed by atoms with van der Waals surface area (Å²) < 4.78 is 17.4. The number of ether oxygens (including phenoxy) is 3. The minimum Gasteiger partial charge on any atom is -0.463 e. The Morgan fingerprint density at radius 1 is 1.20 bits per heavy atom. The van der Waals surface area contributed by atoms with Gasteiger partial charge in [0.25, 0.3) is 0 Å². The standard InChI is InChI=1S/C21H21N3O6/c1-14(15-7-8-18-19(11-15)29-13-28-18)23-30-12-20(25)27-10-4-9-24-17-6-3-2-5-16(17)22-21(24)26/h2-3,5-8,11H,4,9-10,12-13H2,1H3,(H,22,26)/b23-14+. The maximum Gasteiger partial charge on any atom is 0.347 e. The summed E-state index contributed by atoms with van der Waals surface area (Å²) >= 11 is 0. The number of oxime groups is 1. The number of H-pyrrole nitrogens is 1. The number of aryl methyl sites for hydroxylation is 1. The molecule has 0 bridgehead atoms. The van der Waals surface area contributed by atoms with Crippen molar-refractivity contribution < 1.29 is 23.8 Å². The van der Waals surface area contributed by atoms with Crippen molar-refractivity contribution in [1.82, 2.24) is 9.55 Å². The summed E-state index contributed by atoms with van der Waals surface area (Å²) in [5.41, 5.74) is 2.82. The third-order valence-electron chi connectivity index (χ3n) is 4.64. The number of aromatic amines is 1. The Labute approximate surface area is 171 Å². The van der Waals surface area contributed by atoms with E-state index in [2.05, 4.69) is 10.1 Å². The van der Waals surface area contributed by atoms with E-state index in [0.717, 1.165) is 16.6 Å². The third kappa shape index (κ3) is 4.29. The summed E-state index contributed by atoms with van der Waals surface area (Å²) in [5.74, 6) is 0.810. The molecule has 0 aliphatic carbocycles. The van der Waals surface area contributed by atoms with Crippen molar-refractivity contribution in [1.29, 1.82) is 0 Å². The fourth-order valence-corrected chi connectivity index (χ4v) is 3.14. The van der Waals surface area contributed by atoms with Crippen LogP contribution in [0.2, 0.25) is 0 Å². The zero-order valence-electron chi connectivity index (χ0n) is 16.4. The maximum atomic E-state index is 12.0. The third-order valence-corrected chi connectivity index (χ3v) is 4.64. The van der Waals surface area contributed by atoms with Crippen LogP contribution in [-0.2, 0) is 20.9 Å². The van der Waals surface area contributed by atoms with Gasteiger partial charge in [0, 0.05) is 12.1 Å². The van der Waals surface area contributed by atoms with Crippen LogP contribution in [0.5, 0.6) is 11.5 Å². The number of carbonyl (C=O) groups excluding carboxylic acids is 1. The van der Waals surface area contributed by atoms with E-state index in [9.17, 15) is 9.59 Å². The molecule has 3 aromatic rings. The van der Waals surface area contributed by atoms with Gasteiger partial charge >= 0.3 is 11.7 Å². The van der Waals surface area contributed by atoms with Crippen molar-refractivity contribution in [2.75, 3.05) is 20.0 Å². The number of nitrogens with one attached hydrogen (secondary N) is 1. The van der Waals surface area contributed by atoms with Crippen molar-refractivity contribution in [3.05, 3.63) is 58.5 Å². The van der Waals surface area contributed by atoms with Crippen molar-refractivity contribution in [3.8, 4) is 11.5 Å². The highest BCUT2D eigenvalue weighted by atomic mass is 16.7. The van der Waals surface area contributed by atoms with Crippen LogP contribution in [0, 0.1) is 0 Å². The number of fused-ring (bicyclic) bond motifs is 2. The molecule has 30 heavy (non-hydrogen) atoms. The second-order valence-corrected chi connectivity index (χ2v) is 6.69. The summed E-state index contributed by atoms with van der Waals surface area (Å²) in [7, 11) is 0. The largest absolute Gasteiger partial charge is 0.463 e. The van der Waals surface area contributed by atoms with Crippen molar-refractivity contribution in [2.45, 2.75) is 19.9 Å². The van der Waals surface area contributed by atoms with Gasteiger partial charge in [0.05, 0.1) is 23.4 Å². The molecule has 9 heteroatoms. The van der Waals surface area contributed by atoms with Gasteiger partial charge in [-0.1, -0.05) is 17.3 Å². The zero-order chi connectivity index (χ0) is 20.9. The van der Waals surface area contributed by atoms with E-state index in [1.165, 1.54) is 0 Å². The smallest absolute Gasteiger partial charge is 0.347 e. The maximum absolute atomic E-state index is 12.0. The minimum atomic E-state index is -0.525. The fourth-order valence-electron chi connectivity index (χ4n) is 3.14. The first-order valence-corrected chi connectivity index (χ1v) is 9.51. The fraction of sp³-hybridized carbons (Fsp3) is 0.286. The molecular weight excluding hydrogens is 390 g/mol. The molecule has 1 aliphatic heterocycles. The lowest BCUT2D eigenvalue weighted by Gasteiger charge is -2.06. The molecule has 0 atom stereocenters. The van der Waals surface area contributed by atoms with Gasteiger partial charge in [-0.3, -0.25) is 4.57 Å². The molecular formula is C21H21N3O6. The second-order valence-electron chi connectivity index (χ2n) is 6.69. The van der Waals surface area contributed by atoms with E-state index < -0.39 is 5.97 Å². The van der Waals surface area contributed by atoms with Gasteiger partial charge < -0.3 is 24.0 Å². The topological polar surface area (TPSA) is 104 Å². The van der Waals surface area contributed by atoms with Crippen molar-refractivity contribution in [2.24, 2.45) is 5.16 Å². The zero-order valence-corrected chi connectivity index (χ0v) is 16.4. The number of imidazole rings is 1. The number of benzene rings is 2. The SMILES string of the molecule is C/C(=N\OCC(=O)OCCCn1c(=O)[nH]c2ccccc21)c1ccc2c(c1)OCO2. The van der Waals surface area contributed by atoms with E-state index >= 15 is 0 Å². The van der Waals surface area contributed by atoms with E-state index in [1.54, 1.807) is 23.6 Å². The van der Waals surface area contributed by atoms with Gasteiger partial charge in [0.15, 0.2) is 11.5 Å². The van der Waals surface area contributed by atoms with Gasteiger partial charge in [-0.2, -0.15) is 0 Å². The lowest BCUT2D eigenvalue weighted by molar-refractivity contribution is -0.149. The molecule has 2 aromatic carbocycles. The molecule has 1 aromatic heterocycles. The Hall–Kier alpha value is -3.75. The minimum absolute atomic E-state index is 0.180. The van der Waals surface area contributed by atoms with Crippen LogP contribution in [0.25, 0.3) is 11.0 Å². The predicted molar refractivity (Wildman–Crippen MR) is 109 cm³/mol. The molecule has 2 heterocycles. The van der Waals surface area contributed by atoms with Crippen LogP contribution in [0.1, 0.15) is 18.9 Å². The van der Waals surface area contributed by atoms with Gasteiger partial charge in [0.1, 0.15) is 0 Å². The predicted octanol–water partition coefficient (Wildman–Crippen LogP) is 2.43. The summed E-state index contributed by atoms with van der Waals surface area (Å²) in [5, 5.41) is 3.94. The Morgan fingerprint density at radius 2 is 2.03 bits per heavy atom. The number of hydrogen-bond acceptors (Lipinski definition) is 7. The normalized spacial score (nSPS) is 12.9. The molecule has 0 unspecified atom stereocenters. The second kappa shape index (κ2) is 8.73. The lowest BCUT2D eigenvalue weighted by atomic mass is 10.1. The number of esters is 1. The highest BCUT2D eigenvalue weighted by molar-refractivity contribution is 5.99. The molecule has 0 amide bonds. The van der Waals surface area contributed by atoms with Gasteiger partial charge in [0.2, 0.25) is 13.4 Å². The van der Waals surface area contributed by atoms with E-state index in [-0.39, 0.29) is 25.7 Å². The highest BCUT2D eigenvalue weighted by Crippen LogP contribution is 2.32. The van der Waals surface area contributed by atoms with E-state index in [0.29, 0.717) is 30.2 Å². The van der Waals surface area contributed by atoms with Crippen LogP contribution >= 0.6 is 0 Å². The van der Waals surface area contributed by atoms with Crippen LogP contribution < -0.4 is 15.2 Å². The number of rotatable bonds is 8. The first kappa shape index (κ1) is 19.6. The number of carbonyl (C=O) groups is 1. The molecule has 4 rings (SSSR count). The molecule has 0 saturated carbocycles. The van der Waals surface area contributed by atoms with Crippen LogP contribution in [0.3, 0.4) is 0 Å². The first-order chi connectivity index (χ1) is 14.6. The molecule has 0 spiro atoms. The average Bonchev–Trinajstić information content (AvgIpc) is 3.34. The summed E-state index contributed by atoms with van der Waals surface area (Å²) in [6, 6.07) is 12.9. The molecule has 9 nitrogen and oxygen atoms in total. The molecule has 0 radical (unpaired) electrons.